The van der Waals surface area contributed by atoms with Crippen molar-refractivity contribution < 1.29 is 34.2 Å². The predicted octanol–water partition coefficient (Wildman–Crippen LogP) is 7.43. The fourth-order valence-electron chi connectivity index (χ4n) is 5.37. The van der Waals surface area contributed by atoms with Crippen LogP contribution in [0, 0.1) is 0 Å². The first-order chi connectivity index (χ1) is 17.6. The van der Waals surface area contributed by atoms with Crippen LogP contribution >= 0.6 is 0 Å². The molecule has 3 N–H and O–H groups in total. The Morgan fingerprint density at radius 2 is 0.838 bits per heavy atom. The Kier molecular flexibility index (Phi) is 20.0. The lowest BCUT2D eigenvalue weighted by Crippen LogP contribution is -2.70. The number of hydrogen-bond donors (Lipinski definition) is 3. The fraction of sp³-hybridized carbons (Fsp3) is 0.833. The average Bonchev–Trinajstić information content (AvgIpc) is 2.86. The third-order valence-electron chi connectivity index (χ3n) is 8.04. The minimum absolute atomic E-state index is 0.224. The van der Waals surface area contributed by atoms with Crippen LogP contribution in [0.25, 0.3) is 0 Å². The summed E-state index contributed by atoms with van der Waals surface area (Å²) < 4.78 is -0.478. The first kappa shape index (κ1) is 35.1. The largest absolute Gasteiger partial charge is 0.477 e. The molecular weight excluding hydrogens is 470 g/mol. The number of allylic oxidation sites excluding steroid dienone is 2. The number of aliphatic carboxylic acids is 3. The van der Waals surface area contributed by atoms with Gasteiger partial charge in [0.25, 0.3) is 0 Å². The van der Waals surface area contributed by atoms with Gasteiger partial charge in [-0.2, -0.15) is 0 Å². The summed E-state index contributed by atoms with van der Waals surface area (Å²) in [6.07, 6.45) is 24.8. The second kappa shape index (κ2) is 21.1. The molecule has 0 saturated carbocycles. The Morgan fingerprint density at radius 3 is 1.16 bits per heavy atom. The number of carboxylic acids is 3. The van der Waals surface area contributed by atoms with Crippen LogP contribution in [-0.4, -0.2) is 62.4 Å². The van der Waals surface area contributed by atoms with Crippen LogP contribution in [0.3, 0.4) is 0 Å². The van der Waals surface area contributed by atoms with E-state index in [1.807, 2.05) is 0 Å². The van der Waals surface area contributed by atoms with Crippen LogP contribution in [0.5, 0.6) is 0 Å². The lowest BCUT2D eigenvalue weighted by molar-refractivity contribution is -0.968. The van der Waals surface area contributed by atoms with Gasteiger partial charge in [0.05, 0.1) is 6.54 Å². The molecule has 0 rings (SSSR count). The lowest BCUT2D eigenvalue weighted by Gasteiger charge is -2.47. The van der Waals surface area contributed by atoms with E-state index in [1.165, 1.54) is 104 Å². The molecule has 0 aromatic rings. The van der Waals surface area contributed by atoms with Crippen molar-refractivity contribution in [1.29, 1.82) is 0 Å². The van der Waals surface area contributed by atoms with Gasteiger partial charge < -0.3 is 15.3 Å². The molecule has 216 valence electrons. The number of hydrogen-bond acceptors (Lipinski definition) is 3. The highest BCUT2D eigenvalue weighted by atomic mass is 16.4. The zero-order valence-electron chi connectivity index (χ0n) is 24.1. The molecule has 7 heteroatoms. The molecule has 0 fully saturated rings. The Hall–Kier alpha value is -1.89. The van der Waals surface area contributed by atoms with Crippen LogP contribution in [-0.2, 0) is 14.4 Å². The van der Waals surface area contributed by atoms with E-state index in [1.54, 1.807) is 0 Å². The summed E-state index contributed by atoms with van der Waals surface area (Å²) in [6.45, 7) is 6.74. The van der Waals surface area contributed by atoms with Gasteiger partial charge in [-0.1, -0.05) is 89.7 Å². The minimum atomic E-state index is -1.17. The predicted molar refractivity (Wildman–Crippen MR) is 150 cm³/mol. The molecule has 0 heterocycles. The molecule has 3 atom stereocenters. The molecule has 0 amide bonds. The van der Waals surface area contributed by atoms with Crippen molar-refractivity contribution in [2.45, 2.75) is 155 Å². The zero-order valence-corrected chi connectivity index (χ0v) is 24.1. The van der Waals surface area contributed by atoms with Gasteiger partial charge in [0.15, 0.2) is 18.1 Å². The normalized spacial score (nSPS) is 15.8. The Morgan fingerprint density at radius 1 is 0.541 bits per heavy atom. The van der Waals surface area contributed by atoms with Crippen molar-refractivity contribution in [1.82, 2.24) is 0 Å². The molecule has 0 aromatic heterocycles. The maximum absolute atomic E-state index is 11.8. The Labute approximate surface area is 225 Å². The van der Waals surface area contributed by atoms with Crippen molar-refractivity contribution >= 4 is 17.9 Å². The first-order valence-corrected chi connectivity index (χ1v) is 14.8. The number of unbranched alkanes of at least 4 members (excludes halogenated alkanes) is 15. The van der Waals surface area contributed by atoms with E-state index in [4.69, 9.17) is 0 Å². The smallest absolute Gasteiger partial charge is 0.362 e. The second-order valence-electron chi connectivity index (χ2n) is 10.8. The maximum atomic E-state index is 11.8. The summed E-state index contributed by atoms with van der Waals surface area (Å²) in [5.74, 6) is -3.51. The summed E-state index contributed by atoms with van der Waals surface area (Å²) in [4.78, 5) is 35.4. The topological polar surface area (TPSA) is 112 Å². The summed E-state index contributed by atoms with van der Waals surface area (Å²) in [5, 5.41) is 28.9. The number of quaternary nitrogens is 1. The van der Waals surface area contributed by atoms with Crippen molar-refractivity contribution in [2.75, 3.05) is 6.54 Å². The maximum Gasteiger partial charge on any atom is 0.362 e. The quantitative estimate of drug-likeness (QED) is 0.0648. The average molecular weight is 527 g/mol. The highest BCUT2D eigenvalue weighted by Crippen LogP contribution is 2.27. The molecule has 0 saturated heterocycles. The van der Waals surface area contributed by atoms with Gasteiger partial charge in [-0.05, 0) is 59.3 Å². The Bertz CT molecular complexity index is 612. The lowest BCUT2D eigenvalue weighted by atomic mass is 10.00. The molecule has 7 nitrogen and oxygen atoms in total. The van der Waals surface area contributed by atoms with Crippen molar-refractivity contribution in [3.8, 4) is 0 Å². The minimum Gasteiger partial charge on any atom is -0.477 e. The molecule has 0 radical (unpaired) electrons. The van der Waals surface area contributed by atoms with Gasteiger partial charge >= 0.3 is 17.9 Å². The summed E-state index contributed by atoms with van der Waals surface area (Å²) in [7, 11) is 0. The number of nitrogens with zero attached hydrogens (tertiary/aromatic N) is 1. The third-order valence-corrected chi connectivity index (χ3v) is 8.04. The first-order valence-electron chi connectivity index (χ1n) is 14.8. The van der Waals surface area contributed by atoms with Crippen molar-refractivity contribution in [3.63, 3.8) is 0 Å². The third kappa shape index (κ3) is 14.0. The van der Waals surface area contributed by atoms with Crippen LogP contribution in [0.1, 0.15) is 137 Å². The Balaban J connectivity index is 4.15. The number of carboxylic acid groups (broad SMARTS) is 3. The molecule has 0 aromatic carbocycles. The molecule has 0 aliphatic heterocycles. The summed E-state index contributed by atoms with van der Waals surface area (Å²) >= 11 is 0. The summed E-state index contributed by atoms with van der Waals surface area (Å²) in [6, 6.07) is -3.37. The monoisotopic (exact) mass is 526 g/mol. The highest BCUT2D eigenvalue weighted by molar-refractivity contribution is 5.77. The molecule has 0 aliphatic rings. The molecule has 0 bridgehead atoms. The number of rotatable bonds is 25. The van der Waals surface area contributed by atoms with Crippen LogP contribution < -0.4 is 0 Å². The number of carbonyl (C=O) groups is 3. The van der Waals surface area contributed by atoms with E-state index >= 15 is 0 Å². The van der Waals surface area contributed by atoms with Crippen molar-refractivity contribution in [3.05, 3.63) is 12.2 Å². The van der Waals surface area contributed by atoms with Gasteiger partial charge in [-0.25, -0.2) is 14.4 Å². The van der Waals surface area contributed by atoms with Gasteiger partial charge in [0.1, 0.15) is 0 Å². The van der Waals surface area contributed by atoms with E-state index in [2.05, 4.69) is 19.1 Å². The van der Waals surface area contributed by atoms with Gasteiger partial charge in [-0.15, -0.1) is 0 Å². The van der Waals surface area contributed by atoms with E-state index in [-0.39, 0.29) is 6.54 Å². The van der Waals surface area contributed by atoms with Gasteiger partial charge in [0.2, 0.25) is 0 Å². The molecule has 0 spiro atoms. The molecule has 37 heavy (non-hydrogen) atoms. The van der Waals surface area contributed by atoms with Gasteiger partial charge in [-0.3, -0.25) is 4.48 Å². The summed E-state index contributed by atoms with van der Waals surface area (Å²) in [5.41, 5.74) is 0. The SMILES string of the molecule is CCCCCCC/C=C/CCCCCCCCCCCC[N+](C(C)C(=O)O)(C(C)C(=O)O)C(C)C(=O)O. The molecule has 3 unspecified atom stereocenters. The van der Waals surface area contributed by atoms with Crippen molar-refractivity contribution in [2.24, 2.45) is 0 Å². The zero-order chi connectivity index (χ0) is 28.1. The van der Waals surface area contributed by atoms with E-state index in [0.717, 1.165) is 19.3 Å². The van der Waals surface area contributed by atoms with Gasteiger partial charge in [0, 0.05) is 0 Å². The van der Waals surface area contributed by atoms with E-state index in [0.29, 0.717) is 6.42 Å². The standard InChI is InChI=1S/C30H55NO6/c1-5-6-7-8-9-10-11-12-13-14-15-16-17-18-19-20-21-22-23-24-31(25(2)28(32)33,26(3)29(34)35)27(4)30(36)37/h11-12,25-27H,5-10,13-24H2,1-4H3,(H2-,32,33,34,35,36,37)/p+1/b12-11+. The molecule has 0 aliphatic carbocycles. The van der Waals surface area contributed by atoms with E-state index < -0.39 is 40.5 Å². The van der Waals surface area contributed by atoms with E-state index in [9.17, 15) is 29.7 Å². The highest BCUT2D eigenvalue weighted by Gasteiger charge is 2.52. The molecular formula is C30H56NO6+. The van der Waals surface area contributed by atoms with Crippen LogP contribution in [0.2, 0.25) is 0 Å². The van der Waals surface area contributed by atoms with Crippen LogP contribution in [0.15, 0.2) is 12.2 Å². The fourth-order valence-corrected chi connectivity index (χ4v) is 5.37. The van der Waals surface area contributed by atoms with Crippen LogP contribution in [0.4, 0.5) is 0 Å². The second-order valence-corrected chi connectivity index (χ2v) is 10.8.